The molecule has 2 aromatic rings. The van der Waals surface area contributed by atoms with Crippen LogP contribution in [0.2, 0.25) is 0 Å². The Morgan fingerprint density at radius 3 is 2.39 bits per heavy atom. The van der Waals surface area contributed by atoms with E-state index in [0.29, 0.717) is 21.7 Å². The molecule has 94 valence electrons. The Hall–Kier alpha value is -1.75. The molecule has 2 rings (SSSR count). The van der Waals surface area contributed by atoms with Gasteiger partial charge in [0.2, 0.25) is 5.78 Å². The highest BCUT2D eigenvalue weighted by molar-refractivity contribution is 9.10. The van der Waals surface area contributed by atoms with Gasteiger partial charge in [-0.15, -0.1) is 0 Å². The molecule has 0 saturated heterocycles. The standard InChI is InChI=1S/C13H11BrO4/c1-16-9-4-3-8(7-11(9)17-2)13(15)10-5-6-12(14)18-10/h3-7H,1-2H3. The highest BCUT2D eigenvalue weighted by atomic mass is 79.9. The first-order valence-electron chi connectivity index (χ1n) is 5.17. The maximum atomic E-state index is 12.1. The molecule has 1 heterocycles. The first-order valence-corrected chi connectivity index (χ1v) is 5.97. The molecule has 0 N–H and O–H groups in total. The predicted octanol–water partition coefficient (Wildman–Crippen LogP) is 3.29. The summed E-state index contributed by atoms with van der Waals surface area (Å²) < 4.78 is 16.0. The van der Waals surface area contributed by atoms with Gasteiger partial charge in [-0.25, -0.2) is 0 Å². The SMILES string of the molecule is COc1ccc(C(=O)c2ccc(Br)o2)cc1OC. The van der Waals surface area contributed by atoms with E-state index in [1.165, 1.54) is 7.11 Å². The smallest absolute Gasteiger partial charge is 0.228 e. The van der Waals surface area contributed by atoms with Crippen LogP contribution >= 0.6 is 15.9 Å². The third-order valence-electron chi connectivity index (χ3n) is 2.44. The van der Waals surface area contributed by atoms with Crippen LogP contribution in [-0.4, -0.2) is 20.0 Å². The van der Waals surface area contributed by atoms with Crippen molar-refractivity contribution in [1.82, 2.24) is 0 Å². The fourth-order valence-corrected chi connectivity index (χ4v) is 1.86. The maximum Gasteiger partial charge on any atom is 0.228 e. The lowest BCUT2D eigenvalue weighted by Crippen LogP contribution is -2.01. The summed E-state index contributed by atoms with van der Waals surface area (Å²) in [5.41, 5.74) is 0.481. The minimum atomic E-state index is -0.207. The number of ether oxygens (including phenoxy) is 2. The van der Waals surface area contributed by atoms with Crippen molar-refractivity contribution >= 4 is 21.7 Å². The van der Waals surface area contributed by atoms with Crippen molar-refractivity contribution in [3.05, 3.63) is 46.3 Å². The Morgan fingerprint density at radius 2 is 1.83 bits per heavy atom. The second kappa shape index (κ2) is 5.27. The molecule has 0 aliphatic heterocycles. The molecule has 0 saturated carbocycles. The van der Waals surface area contributed by atoms with Crippen molar-refractivity contribution in [1.29, 1.82) is 0 Å². The summed E-state index contributed by atoms with van der Waals surface area (Å²) in [6, 6.07) is 8.26. The normalized spacial score (nSPS) is 10.2. The molecule has 0 radical (unpaired) electrons. The molecule has 0 fully saturated rings. The average Bonchev–Trinajstić information content (AvgIpc) is 2.83. The number of ketones is 1. The molecule has 0 aliphatic rings. The number of rotatable bonds is 4. The summed E-state index contributed by atoms with van der Waals surface area (Å²) in [5, 5.41) is 0. The zero-order valence-corrected chi connectivity index (χ0v) is 11.5. The fourth-order valence-electron chi connectivity index (χ4n) is 1.56. The van der Waals surface area contributed by atoms with E-state index in [9.17, 15) is 4.79 Å². The topological polar surface area (TPSA) is 48.7 Å². The Bertz CT molecular complexity index is 574. The molecule has 0 spiro atoms. The number of furan rings is 1. The van der Waals surface area contributed by atoms with Crippen molar-refractivity contribution in [3.8, 4) is 11.5 Å². The number of hydrogen-bond donors (Lipinski definition) is 0. The summed E-state index contributed by atoms with van der Waals surface area (Å²) >= 11 is 3.16. The monoisotopic (exact) mass is 310 g/mol. The zero-order valence-electron chi connectivity index (χ0n) is 9.90. The number of carbonyl (C=O) groups is 1. The minimum Gasteiger partial charge on any atom is -0.493 e. The Labute approximate surface area is 113 Å². The van der Waals surface area contributed by atoms with Gasteiger partial charge in [-0.3, -0.25) is 4.79 Å². The molecule has 1 aromatic heterocycles. The van der Waals surface area contributed by atoms with Gasteiger partial charge in [0.15, 0.2) is 21.9 Å². The van der Waals surface area contributed by atoms with Crippen LogP contribution in [0.1, 0.15) is 16.1 Å². The summed E-state index contributed by atoms with van der Waals surface area (Å²) in [4.78, 5) is 12.1. The Balaban J connectivity index is 2.36. The molecule has 5 heteroatoms. The first-order chi connectivity index (χ1) is 8.65. The summed E-state index contributed by atoms with van der Waals surface area (Å²) in [5.74, 6) is 1.15. The Morgan fingerprint density at radius 1 is 1.11 bits per heavy atom. The van der Waals surface area contributed by atoms with Crippen molar-refractivity contribution in [3.63, 3.8) is 0 Å². The predicted molar refractivity (Wildman–Crippen MR) is 69.4 cm³/mol. The molecule has 0 unspecified atom stereocenters. The van der Waals surface area contributed by atoms with E-state index in [1.54, 1.807) is 37.4 Å². The van der Waals surface area contributed by atoms with Crippen LogP contribution in [0.3, 0.4) is 0 Å². The van der Waals surface area contributed by atoms with Crippen LogP contribution in [0.15, 0.2) is 39.4 Å². The zero-order chi connectivity index (χ0) is 13.1. The average molecular weight is 311 g/mol. The van der Waals surface area contributed by atoms with Crippen LogP contribution in [-0.2, 0) is 0 Å². The van der Waals surface area contributed by atoms with E-state index in [4.69, 9.17) is 13.9 Å². The van der Waals surface area contributed by atoms with E-state index in [2.05, 4.69) is 15.9 Å². The van der Waals surface area contributed by atoms with E-state index in [1.807, 2.05) is 0 Å². The number of halogens is 1. The highest BCUT2D eigenvalue weighted by Gasteiger charge is 2.15. The molecule has 1 aromatic carbocycles. The van der Waals surface area contributed by atoms with Gasteiger partial charge in [0.25, 0.3) is 0 Å². The first kappa shape index (κ1) is 12.7. The van der Waals surface area contributed by atoms with Crippen LogP contribution in [0.4, 0.5) is 0 Å². The van der Waals surface area contributed by atoms with Crippen molar-refractivity contribution < 1.29 is 18.7 Å². The number of benzene rings is 1. The summed E-state index contributed by atoms with van der Waals surface area (Å²) in [6.45, 7) is 0. The van der Waals surface area contributed by atoms with Crippen LogP contribution < -0.4 is 9.47 Å². The molecule has 0 amide bonds. The lowest BCUT2D eigenvalue weighted by molar-refractivity contribution is 0.101. The molecule has 0 aliphatic carbocycles. The lowest BCUT2D eigenvalue weighted by atomic mass is 10.1. The van der Waals surface area contributed by atoms with Gasteiger partial charge in [-0.05, 0) is 46.3 Å². The van der Waals surface area contributed by atoms with Gasteiger partial charge in [-0.1, -0.05) is 0 Å². The number of methoxy groups -OCH3 is 2. The second-order valence-corrected chi connectivity index (χ2v) is 4.28. The summed E-state index contributed by atoms with van der Waals surface area (Å²) in [6.07, 6.45) is 0. The highest BCUT2D eigenvalue weighted by Crippen LogP contribution is 2.29. The van der Waals surface area contributed by atoms with Crippen molar-refractivity contribution in [2.24, 2.45) is 0 Å². The third kappa shape index (κ3) is 2.41. The van der Waals surface area contributed by atoms with E-state index in [-0.39, 0.29) is 11.5 Å². The molecular weight excluding hydrogens is 300 g/mol. The van der Waals surface area contributed by atoms with Crippen LogP contribution in [0, 0.1) is 0 Å². The van der Waals surface area contributed by atoms with Gasteiger partial charge in [0, 0.05) is 5.56 Å². The minimum absolute atomic E-state index is 0.207. The molecule has 0 atom stereocenters. The van der Waals surface area contributed by atoms with Crippen LogP contribution in [0.5, 0.6) is 11.5 Å². The van der Waals surface area contributed by atoms with Gasteiger partial charge < -0.3 is 13.9 Å². The van der Waals surface area contributed by atoms with Gasteiger partial charge in [-0.2, -0.15) is 0 Å². The number of hydrogen-bond acceptors (Lipinski definition) is 4. The molecule has 4 nitrogen and oxygen atoms in total. The summed E-state index contributed by atoms with van der Waals surface area (Å²) in [7, 11) is 3.07. The maximum absolute atomic E-state index is 12.1. The van der Waals surface area contributed by atoms with E-state index >= 15 is 0 Å². The van der Waals surface area contributed by atoms with Crippen molar-refractivity contribution in [2.45, 2.75) is 0 Å². The molecule has 18 heavy (non-hydrogen) atoms. The van der Waals surface area contributed by atoms with Crippen molar-refractivity contribution in [2.75, 3.05) is 14.2 Å². The largest absolute Gasteiger partial charge is 0.493 e. The van der Waals surface area contributed by atoms with E-state index in [0.717, 1.165) is 0 Å². The molecule has 0 bridgehead atoms. The van der Waals surface area contributed by atoms with Crippen LogP contribution in [0.25, 0.3) is 0 Å². The van der Waals surface area contributed by atoms with Gasteiger partial charge in [0.05, 0.1) is 14.2 Å². The van der Waals surface area contributed by atoms with E-state index < -0.39 is 0 Å². The third-order valence-corrected chi connectivity index (χ3v) is 2.87. The lowest BCUT2D eigenvalue weighted by Gasteiger charge is -2.08. The quantitative estimate of drug-likeness (QED) is 0.813. The molecular formula is C13H11BrO4. The fraction of sp³-hybridized carbons (Fsp3) is 0.154. The van der Waals surface area contributed by atoms with Gasteiger partial charge >= 0.3 is 0 Å². The number of carbonyl (C=O) groups excluding carboxylic acids is 1. The van der Waals surface area contributed by atoms with Gasteiger partial charge in [0.1, 0.15) is 0 Å². The Kier molecular flexibility index (Phi) is 3.72. The second-order valence-electron chi connectivity index (χ2n) is 3.50.